The van der Waals surface area contributed by atoms with Crippen LogP contribution in [0.5, 0.6) is 0 Å². The second kappa shape index (κ2) is 6.15. The van der Waals surface area contributed by atoms with Gasteiger partial charge in [-0.15, -0.1) is 0 Å². The van der Waals surface area contributed by atoms with Crippen LogP contribution in [-0.4, -0.2) is 31.2 Å². The molecule has 3 rings (SSSR count). The van der Waals surface area contributed by atoms with Crippen molar-refractivity contribution in [3.63, 3.8) is 0 Å². The van der Waals surface area contributed by atoms with E-state index in [1.54, 1.807) is 6.07 Å². The molecule has 0 saturated carbocycles. The Labute approximate surface area is 131 Å². The fourth-order valence-electron chi connectivity index (χ4n) is 3.28. The van der Waals surface area contributed by atoms with Gasteiger partial charge in [0.1, 0.15) is 5.82 Å². The van der Waals surface area contributed by atoms with Crippen molar-refractivity contribution in [1.82, 2.24) is 0 Å². The van der Waals surface area contributed by atoms with E-state index in [1.807, 2.05) is 0 Å². The zero-order valence-corrected chi connectivity index (χ0v) is 13.3. The third-order valence-electron chi connectivity index (χ3n) is 4.41. The third kappa shape index (κ3) is 3.35. The highest BCUT2D eigenvalue weighted by Gasteiger charge is 2.41. The summed E-state index contributed by atoms with van der Waals surface area (Å²) in [6, 6.07) is 4.37. The molecule has 0 bridgehead atoms. The first-order valence-corrected chi connectivity index (χ1v) is 8.09. The maximum absolute atomic E-state index is 13.5. The number of benzene rings is 1. The molecule has 1 aromatic rings. The van der Waals surface area contributed by atoms with Crippen molar-refractivity contribution in [2.75, 3.05) is 19.8 Å². The zero-order valence-electron chi connectivity index (χ0n) is 11.7. The van der Waals surface area contributed by atoms with Crippen LogP contribution < -0.4 is 0 Å². The molecule has 0 radical (unpaired) electrons. The second-order valence-corrected chi connectivity index (χ2v) is 6.77. The van der Waals surface area contributed by atoms with Crippen molar-refractivity contribution in [2.45, 2.75) is 31.3 Å². The minimum absolute atomic E-state index is 0.0179. The first kappa shape index (κ1) is 15.1. The molecule has 5 heteroatoms. The summed E-state index contributed by atoms with van der Waals surface area (Å²) in [5.41, 5.74) is 0.220. The van der Waals surface area contributed by atoms with E-state index in [0.29, 0.717) is 42.7 Å². The smallest absolute Gasteiger partial charge is 0.166 e. The van der Waals surface area contributed by atoms with Crippen LogP contribution in [0.2, 0.25) is 0 Å². The van der Waals surface area contributed by atoms with E-state index in [9.17, 15) is 9.18 Å². The summed E-state index contributed by atoms with van der Waals surface area (Å²) in [4.78, 5) is 12.7. The van der Waals surface area contributed by atoms with E-state index >= 15 is 0 Å². The summed E-state index contributed by atoms with van der Waals surface area (Å²) in [6.45, 7) is 1.96. The molecule has 2 fully saturated rings. The summed E-state index contributed by atoms with van der Waals surface area (Å²) >= 11 is 3.24. The third-order valence-corrected chi connectivity index (χ3v) is 4.87. The van der Waals surface area contributed by atoms with E-state index < -0.39 is 0 Å². The molecule has 21 heavy (non-hydrogen) atoms. The molecule has 2 saturated heterocycles. The van der Waals surface area contributed by atoms with Crippen molar-refractivity contribution in [1.29, 1.82) is 0 Å². The van der Waals surface area contributed by atoms with Crippen molar-refractivity contribution < 1.29 is 18.7 Å². The molecule has 0 aromatic heterocycles. The molecule has 114 valence electrons. The Kier molecular flexibility index (Phi) is 4.43. The van der Waals surface area contributed by atoms with Crippen molar-refractivity contribution >= 4 is 21.7 Å². The van der Waals surface area contributed by atoms with E-state index in [0.717, 1.165) is 12.8 Å². The van der Waals surface area contributed by atoms with Gasteiger partial charge in [0.2, 0.25) is 0 Å². The molecule has 1 atom stereocenters. The summed E-state index contributed by atoms with van der Waals surface area (Å²) in [7, 11) is 0. The van der Waals surface area contributed by atoms with Gasteiger partial charge in [0.25, 0.3) is 0 Å². The molecule has 3 nitrogen and oxygen atoms in total. The number of Topliss-reactive ketones (excluding diaryl/α,β-unsaturated/α-hetero) is 1. The number of ketones is 1. The van der Waals surface area contributed by atoms with Gasteiger partial charge in [0.05, 0.1) is 5.60 Å². The molecule has 2 heterocycles. The Morgan fingerprint density at radius 3 is 2.71 bits per heavy atom. The quantitative estimate of drug-likeness (QED) is 0.757. The van der Waals surface area contributed by atoms with Crippen molar-refractivity contribution in [3.8, 4) is 0 Å². The fraction of sp³-hybridized carbons (Fsp3) is 0.562. The number of halogens is 2. The van der Waals surface area contributed by atoms with E-state index in [-0.39, 0.29) is 23.1 Å². The highest BCUT2D eigenvalue weighted by Crippen LogP contribution is 2.38. The van der Waals surface area contributed by atoms with Crippen LogP contribution in [0.4, 0.5) is 4.39 Å². The van der Waals surface area contributed by atoms with E-state index in [4.69, 9.17) is 9.47 Å². The average Bonchev–Trinajstić information content (AvgIpc) is 2.46. The normalized spacial score (nSPS) is 25.0. The molecular weight excluding hydrogens is 339 g/mol. The van der Waals surface area contributed by atoms with Crippen LogP contribution in [0, 0.1) is 11.7 Å². The first-order valence-electron chi connectivity index (χ1n) is 7.30. The molecule has 0 amide bonds. The molecular formula is C16H18BrFO3. The van der Waals surface area contributed by atoms with Gasteiger partial charge in [0.15, 0.2) is 5.78 Å². The van der Waals surface area contributed by atoms with E-state index in [2.05, 4.69) is 15.9 Å². The van der Waals surface area contributed by atoms with Gasteiger partial charge in [-0.1, -0.05) is 15.9 Å². The Balaban J connectivity index is 1.77. The maximum Gasteiger partial charge on any atom is 0.166 e. The predicted molar refractivity (Wildman–Crippen MR) is 79.9 cm³/mol. The largest absolute Gasteiger partial charge is 0.381 e. The molecule has 0 N–H and O–H groups in total. The van der Waals surface area contributed by atoms with Gasteiger partial charge >= 0.3 is 0 Å². The van der Waals surface area contributed by atoms with Gasteiger partial charge in [-0.3, -0.25) is 4.79 Å². The van der Waals surface area contributed by atoms with Gasteiger partial charge < -0.3 is 9.47 Å². The van der Waals surface area contributed by atoms with Crippen LogP contribution in [0.3, 0.4) is 0 Å². The Bertz CT molecular complexity index is 515. The number of hydrogen-bond donors (Lipinski definition) is 0. The SMILES string of the molecule is O=C(c1cc(F)cc(Br)c1)C1CCOC2(CCOCC2)C1. The monoisotopic (exact) mass is 356 g/mol. The molecule has 0 aliphatic carbocycles. The topological polar surface area (TPSA) is 35.5 Å². The molecule has 1 spiro atoms. The van der Waals surface area contributed by atoms with Crippen LogP contribution >= 0.6 is 15.9 Å². The Morgan fingerprint density at radius 1 is 1.24 bits per heavy atom. The van der Waals surface area contributed by atoms with E-state index in [1.165, 1.54) is 12.1 Å². The number of ether oxygens (including phenoxy) is 2. The zero-order chi connectivity index (χ0) is 14.9. The van der Waals surface area contributed by atoms with Gasteiger partial charge in [-0.2, -0.15) is 0 Å². The lowest BCUT2D eigenvalue weighted by Crippen LogP contribution is -2.45. The average molecular weight is 357 g/mol. The van der Waals surface area contributed by atoms with Crippen LogP contribution in [0.25, 0.3) is 0 Å². The lowest BCUT2D eigenvalue weighted by Gasteiger charge is -2.42. The molecule has 2 aliphatic heterocycles. The van der Waals surface area contributed by atoms with Crippen LogP contribution in [0.15, 0.2) is 22.7 Å². The maximum atomic E-state index is 13.5. The molecule has 2 aliphatic rings. The second-order valence-electron chi connectivity index (χ2n) is 5.86. The van der Waals surface area contributed by atoms with Crippen LogP contribution in [-0.2, 0) is 9.47 Å². The van der Waals surface area contributed by atoms with Crippen molar-refractivity contribution in [2.24, 2.45) is 5.92 Å². The number of hydrogen-bond acceptors (Lipinski definition) is 3. The minimum Gasteiger partial charge on any atom is -0.381 e. The summed E-state index contributed by atoms with van der Waals surface area (Å²) in [5, 5.41) is 0. The summed E-state index contributed by atoms with van der Waals surface area (Å²) in [5.74, 6) is -0.463. The summed E-state index contributed by atoms with van der Waals surface area (Å²) < 4.78 is 25.4. The number of carbonyl (C=O) groups is 1. The first-order chi connectivity index (χ1) is 10.1. The number of carbonyl (C=O) groups excluding carboxylic acids is 1. The standard InChI is InChI=1S/C16H18BrFO3/c17-13-7-12(8-14(18)9-13)15(19)11-1-4-21-16(10-11)2-5-20-6-3-16/h7-9,11H,1-6,10H2. The van der Waals surface area contributed by atoms with Gasteiger partial charge in [-0.25, -0.2) is 4.39 Å². The van der Waals surface area contributed by atoms with Gasteiger partial charge in [-0.05, 0) is 43.9 Å². The highest BCUT2D eigenvalue weighted by molar-refractivity contribution is 9.10. The fourth-order valence-corrected chi connectivity index (χ4v) is 3.74. The number of rotatable bonds is 2. The molecule has 1 unspecified atom stereocenters. The molecule has 1 aromatic carbocycles. The lowest BCUT2D eigenvalue weighted by atomic mass is 9.78. The lowest BCUT2D eigenvalue weighted by molar-refractivity contribution is -0.142. The Morgan fingerprint density at radius 2 is 2.00 bits per heavy atom. The van der Waals surface area contributed by atoms with Gasteiger partial charge in [0, 0.05) is 35.8 Å². The summed E-state index contributed by atoms with van der Waals surface area (Å²) in [6.07, 6.45) is 3.09. The predicted octanol–water partition coefficient (Wildman–Crippen LogP) is 3.75. The van der Waals surface area contributed by atoms with Crippen LogP contribution in [0.1, 0.15) is 36.0 Å². The van der Waals surface area contributed by atoms with Crippen molar-refractivity contribution in [3.05, 3.63) is 34.1 Å². The highest BCUT2D eigenvalue weighted by atomic mass is 79.9. The Hall–Kier alpha value is -0.780. The minimum atomic E-state index is -0.388.